The third kappa shape index (κ3) is 6.35. The lowest BCUT2D eigenvalue weighted by Gasteiger charge is -2.31. The molecule has 27 heavy (non-hydrogen) atoms. The molecule has 1 aromatic carbocycles. The second-order valence-electron chi connectivity index (χ2n) is 8.10. The molecule has 0 aliphatic carbocycles. The molecule has 0 aliphatic rings. The van der Waals surface area contributed by atoms with Crippen LogP contribution in [0.4, 0.5) is 19.0 Å². The molecule has 2 aromatic rings. The van der Waals surface area contributed by atoms with E-state index in [0.29, 0.717) is 5.39 Å². The SMILES string of the molecule is CC(C)(C)CC(C)(C)NO/C=N\Nc1nc(C(F)(F)F)nc2ccccc12. The summed E-state index contributed by atoms with van der Waals surface area (Å²) in [7, 11) is 0. The summed E-state index contributed by atoms with van der Waals surface area (Å²) in [5, 5.41) is 4.22. The highest BCUT2D eigenvalue weighted by molar-refractivity contribution is 5.89. The van der Waals surface area contributed by atoms with Gasteiger partial charge < -0.3 is 4.84 Å². The molecular weight excluding hydrogens is 359 g/mol. The molecule has 0 saturated heterocycles. The highest BCUT2D eigenvalue weighted by atomic mass is 19.4. The molecule has 1 heterocycles. The van der Waals surface area contributed by atoms with E-state index in [0.717, 1.165) is 12.8 Å². The molecule has 0 unspecified atom stereocenters. The molecule has 6 nitrogen and oxygen atoms in total. The van der Waals surface area contributed by atoms with Crippen LogP contribution in [0, 0.1) is 5.41 Å². The number of fused-ring (bicyclic) bond motifs is 1. The number of para-hydroxylation sites is 1. The molecule has 0 aliphatic heterocycles. The van der Waals surface area contributed by atoms with Crippen molar-refractivity contribution in [2.45, 2.75) is 52.8 Å². The number of alkyl halides is 3. The van der Waals surface area contributed by atoms with Crippen LogP contribution in [0.3, 0.4) is 0 Å². The number of benzene rings is 1. The highest BCUT2D eigenvalue weighted by Crippen LogP contribution is 2.30. The number of rotatable bonds is 6. The van der Waals surface area contributed by atoms with E-state index in [1.807, 2.05) is 13.8 Å². The number of hydrogen-bond donors (Lipinski definition) is 2. The van der Waals surface area contributed by atoms with Gasteiger partial charge in [-0.2, -0.15) is 13.2 Å². The fourth-order valence-corrected chi connectivity index (χ4v) is 2.95. The van der Waals surface area contributed by atoms with Crippen molar-refractivity contribution in [2.75, 3.05) is 5.43 Å². The van der Waals surface area contributed by atoms with Gasteiger partial charge in [0, 0.05) is 10.9 Å². The first-order valence-corrected chi connectivity index (χ1v) is 8.42. The van der Waals surface area contributed by atoms with Gasteiger partial charge in [-0.3, -0.25) is 5.43 Å². The summed E-state index contributed by atoms with van der Waals surface area (Å²) in [5.74, 6) is -1.29. The first-order valence-electron chi connectivity index (χ1n) is 8.42. The average Bonchev–Trinajstić information content (AvgIpc) is 2.51. The lowest BCUT2D eigenvalue weighted by Crippen LogP contribution is -2.42. The molecule has 0 radical (unpaired) electrons. The minimum atomic E-state index is -4.65. The van der Waals surface area contributed by atoms with Gasteiger partial charge in [0.1, 0.15) is 0 Å². The van der Waals surface area contributed by atoms with Crippen molar-refractivity contribution < 1.29 is 18.0 Å². The largest absolute Gasteiger partial charge is 0.451 e. The Balaban J connectivity index is 2.09. The molecule has 1 aromatic heterocycles. The van der Waals surface area contributed by atoms with E-state index in [4.69, 9.17) is 4.84 Å². The highest BCUT2D eigenvalue weighted by Gasteiger charge is 2.35. The number of nitrogens with zero attached hydrogens (tertiary/aromatic N) is 3. The Hall–Kier alpha value is -2.42. The number of aromatic nitrogens is 2. The van der Waals surface area contributed by atoms with Gasteiger partial charge in [0.2, 0.25) is 12.2 Å². The zero-order valence-electron chi connectivity index (χ0n) is 16.0. The fourth-order valence-electron chi connectivity index (χ4n) is 2.95. The Bertz CT molecular complexity index is 813. The second-order valence-corrected chi connectivity index (χ2v) is 8.10. The van der Waals surface area contributed by atoms with Crippen molar-refractivity contribution in [1.82, 2.24) is 15.4 Å². The van der Waals surface area contributed by atoms with E-state index in [9.17, 15) is 13.2 Å². The molecule has 2 N–H and O–H groups in total. The Morgan fingerprint density at radius 1 is 1.07 bits per heavy atom. The van der Waals surface area contributed by atoms with Crippen molar-refractivity contribution >= 4 is 23.1 Å². The van der Waals surface area contributed by atoms with Crippen LogP contribution < -0.4 is 10.9 Å². The van der Waals surface area contributed by atoms with Gasteiger partial charge >= 0.3 is 6.18 Å². The summed E-state index contributed by atoms with van der Waals surface area (Å²) in [6.07, 6.45) is -2.74. The molecule has 0 amide bonds. The van der Waals surface area contributed by atoms with E-state index in [2.05, 4.69) is 46.7 Å². The Morgan fingerprint density at radius 3 is 2.37 bits per heavy atom. The van der Waals surface area contributed by atoms with Gasteiger partial charge in [0.25, 0.3) is 0 Å². The third-order valence-electron chi connectivity index (χ3n) is 3.44. The predicted octanol–water partition coefficient (Wildman–Crippen LogP) is 4.74. The van der Waals surface area contributed by atoms with Gasteiger partial charge in [-0.1, -0.05) is 32.9 Å². The Morgan fingerprint density at radius 2 is 1.74 bits per heavy atom. The minimum Gasteiger partial charge on any atom is -0.394 e. The fraction of sp³-hybridized carbons (Fsp3) is 0.500. The van der Waals surface area contributed by atoms with Crippen LogP contribution in [-0.2, 0) is 11.0 Å². The van der Waals surface area contributed by atoms with E-state index >= 15 is 0 Å². The number of anilines is 1. The quantitative estimate of drug-likeness (QED) is 0.428. The lowest BCUT2D eigenvalue weighted by molar-refractivity contribution is -0.144. The van der Waals surface area contributed by atoms with Crippen LogP contribution in [0.2, 0.25) is 0 Å². The number of halogens is 3. The maximum Gasteiger partial charge on any atom is 0.451 e. The molecule has 0 atom stereocenters. The first kappa shape index (κ1) is 20.9. The third-order valence-corrected chi connectivity index (χ3v) is 3.44. The standard InChI is InChI=1S/C18H24F3N5O/c1-16(2,3)10-17(4,5)26-27-11-22-25-14-12-8-6-7-9-13(12)23-15(24-14)18(19,20)21/h6-9,11,26H,10H2,1-5H3,(H,23,24,25)/b22-11-. The van der Waals surface area contributed by atoms with Gasteiger partial charge in [-0.25, -0.2) is 9.97 Å². The van der Waals surface area contributed by atoms with Gasteiger partial charge in [0.15, 0.2) is 5.82 Å². The molecule has 9 heteroatoms. The van der Waals surface area contributed by atoms with Crippen molar-refractivity contribution in [3.05, 3.63) is 30.1 Å². The van der Waals surface area contributed by atoms with Crippen molar-refractivity contribution in [3.8, 4) is 0 Å². The second kappa shape index (κ2) is 7.67. The molecule has 0 fully saturated rings. The Labute approximate surface area is 156 Å². The van der Waals surface area contributed by atoms with Crippen LogP contribution in [0.15, 0.2) is 29.4 Å². The number of nitrogens with one attached hydrogen (secondary N) is 2. The van der Waals surface area contributed by atoms with E-state index in [1.165, 1.54) is 6.07 Å². The van der Waals surface area contributed by atoms with Crippen LogP contribution in [0.25, 0.3) is 10.9 Å². The summed E-state index contributed by atoms with van der Waals surface area (Å²) in [6.45, 7) is 10.3. The zero-order chi connectivity index (χ0) is 20.3. The number of hydroxylamine groups is 1. The minimum absolute atomic E-state index is 0.0540. The molecule has 2 rings (SSSR count). The maximum atomic E-state index is 13.0. The summed E-state index contributed by atoms with van der Waals surface area (Å²) >= 11 is 0. The molecular formula is C18H24F3N5O. The van der Waals surface area contributed by atoms with Gasteiger partial charge in [-0.15, -0.1) is 10.6 Å². The summed E-state index contributed by atoms with van der Waals surface area (Å²) in [6, 6.07) is 6.38. The lowest BCUT2D eigenvalue weighted by atomic mass is 9.82. The smallest absolute Gasteiger partial charge is 0.394 e. The van der Waals surface area contributed by atoms with Gasteiger partial charge in [-0.05, 0) is 37.8 Å². The van der Waals surface area contributed by atoms with E-state index in [-0.39, 0.29) is 22.3 Å². The molecule has 148 valence electrons. The van der Waals surface area contributed by atoms with E-state index in [1.54, 1.807) is 18.2 Å². The monoisotopic (exact) mass is 383 g/mol. The van der Waals surface area contributed by atoms with Crippen molar-refractivity contribution in [1.29, 1.82) is 0 Å². The average molecular weight is 383 g/mol. The van der Waals surface area contributed by atoms with Crippen LogP contribution in [-0.4, -0.2) is 21.9 Å². The first-order chi connectivity index (χ1) is 12.4. The topological polar surface area (TPSA) is 71.4 Å². The summed E-state index contributed by atoms with van der Waals surface area (Å²) < 4.78 is 38.9. The normalized spacial score (nSPS) is 13.3. The maximum absolute atomic E-state index is 13.0. The van der Waals surface area contributed by atoms with Crippen LogP contribution in [0.5, 0.6) is 0 Å². The van der Waals surface area contributed by atoms with Gasteiger partial charge in [0.05, 0.1) is 5.52 Å². The number of hydrogen-bond acceptors (Lipinski definition) is 6. The Kier molecular flexibility index (Phi) is 5.94. The van der Waals surface area contributed by atoms with Crippen molar-refractivity contribution in [3.63, 3.8) is 0 Å². The van der Waals surface area contributed by atoms with E-state index < -0.39 is 12.0 Å². The van der Waals surface area contributed by atoms with Crippen LogP contribution in [0.1, 0.15) is 46.9 Å². The molecule has 0 saturated carbocycles. The molecule has 0 spiro atoms. The summed E-state index contributed by atoms with van der Waals surface area (Å²) in [5.41, 5.74) is 5.32. The zero-order valence-corrected chi connectivity index (χ0v) is 16.0. The van der Waals surface area contributed by atoms with Crippen LogP contribution >= 0.6 is 0 Å². The molecule has 0 bridgehead atoms. The number of hydrazone groups is 1. The predicted molar refractivity (Wildman–Crippen MR) is 99.0 cm³/mol. The summed E-state index contributed by atoms with van der Waals surface area (Å²) in [4.78, 5) is 12.3. The van der Waals surface area contributed by atoms with Crippen molar-refractivity contribution in [2.24, 2.45) is 10.5 Å².